The van der Waals surface area contributed by atoms with Gasteiger partial charge in [0.15, 0.2) is 11.6 Å². The van der Waals surface area contributed by atoms with Crippen LogP contribution in [0.5, 0.6) is 5.75 Å². The van der Waals surface area contributed by atoms with Crippen LogP contribution in [-0.2, 0) is 4.79 Å². The number of halogens is 1. The molecule has 138 valence electrons. The minimum atomic E-state index is -1.42. The van der Waals surface area contributed by atoms with Crippen LogP contribution in [0.25, 0.3) is 0 Å². The molecule has 2 rings (SSSR count). The molecule has 7 heteroatoms. The van der Waals surface area contributed by atoms with Crippen molar-refractivity contribution in [2.45, 2.75) is 39.2 Å². The quantitative estimate of drug-likeness (QED) is 0.754. The molecule has 1 aliphatic rings. The zero-order valence-electron chi connectivity index (χ0n) is 14.4. The van der Waals surface area contributed by atoms with E-state index in [0.29, 0.717) is 6.42 Å². The van der Waals surface area contributed by atoms with E-state index in [-0.39, 0.29) is 37.4 Å². The third-order valence-corrected chi connectivity index (χ3v) is 4.86. The van der Waals surface area contributed by atoms with Gasteiger partial charge in [-0.1, -0.05) is 13.8 Å². The Labute approximate surface area is 145 Å². The van der Waals surface area contributed by atoms with Crippen LogP contribution in [0.3, 0.4) is 0 Å². The summed E-state index contributed by atoms with van der Waals surface area (Å²) in [6, 6.07) is 3.27. The van der Waals surface area contributed by atoms with Crippen molar-refractivity contribution >= 4 is 11.9 Å². The van der Waals surface area contributed by atoms with Gasteiger partial charge in [0.05, 0.1) is 6.10 Å². The van der Waals surface area contributed by atoms with E-state index in [1.165, 1.54) is 11.0 Å². The molecule has 0 spiro atoms. The average Bonchev–Trinajstić information content (AvgIpc) is 2.55. The van der Waals surface area contributed by atoms with Crippen LogP contribution in [-0.4, -0.2) is 51.3 Å². The first-order valence-corrected chi connectivity index (χ1v) is 8.36. The van der Waals surface area contributed by atoms with Gasteiger partial charge in [-0.05, 0) is 43.4 Å². The lowest BCUT2D eigenvalue weighted by molar-refractivity contribution is -0.163. The SMILES string of the molecule is CC(C)CC[C@@]1(C(=O)O)CN(C(=O)c2ccc(F)c(O)c2)CC[C@@H]1O. The maximum Gasteiger partial charge on any atom is 0.314 e. The molecule has 1 aromatic carbocycles. The van der Waals surface area contributed by atoms with Crippen LogP contribution in [0, 0.1) is 17.2 Å². The highest BCUT2D eigenvalue weighted by atomic mass is 19.1. The number of carboxylic acids is 1. The molecule has 6 nitrogen and oxygen atoms in total. The standard InChI is InChI=1S/C18H24FNO5/c1-11(2)5-7-18(17(24)25)10-20(8-6-15(18)22)16(23)12-3-4-13(19)14(21)9-12/h3-4,9,11,15,21-22H,5-8,10H2,1-2H3,(H,24,25)/t15-,18+/m0/s1. The number of hydrogen-bond donors (Lipinski definition) is 3. The van der Waals surface area contributed by atoms with Crippen molar-refractivity contribution in [3.05, 3.63) is 29.6 Å². The largest absolute Gasteiger partial charge is 0.505 e. The van der Waals surface area contributed by atoms with Crippen LogP contribution in [0.2, 0.25) is 0 Å². The molecule has 0 aliphatic carbocycles. The fourth-order valence-electron chi connectivity index (χ4n) is 3.19. The van der Waals surface area contributed by atoms with Gasteiger partial charge in [0.1, 0.15) is 5.41 Å². The number of benzene rings is 1. The third-order valence-electron chi connectivity index (χ3n) is 4.86. The van der Waals surface area contributed by atoms with Gasteiger partial charge in [0, 0.05) is 18.7 Å². The Morgan fingerprint density at radius 2 is 2.08 bits per heavy atom. The maximum atomic E-state index is 13.2. The summed E-state index contributed by atoms with van der Waals surface area (Å²) in [5, 5.41) is 29.5. The highest BCUT2D eigenvalue weighted by Gasteiger charge is 2.49. The predicted octanol–water partition coefficient (Wildman–Crippen LogP) is 2.25. The number of amides is 1. The molecule has 0 aromatic heterocycles. The maximum absolute atomic E-state index is 13.2. The molecule has 0 unspecified atom stereocenters. The van der Waals surface area contributed by atoms with Gasteiger partial charge in [0.25, 0.3) is 5.91 Å². The van der Waals surface area contributed by atoms with Crippen LogP contribution < -0.4 is 0 Å². The van der Waals surface area contributed by atoms with Gasteiger partial charge in [0.2, 0.25) is 0 Å². The molecule has 0 radical (unpaired) electrons. The second kappa shape index (κ2) is 7.39. The van der Waals surface area contributed by atoms with E-state index in [0.717, 1.165) is 12.1 Å². The van der Waals surface area contributed by atoms with Gasteiger partial charge in [-0.2, -0.15) is 0 Å². The molecule has 25 heavy (non-hydrogen) atoms. The lowest BCUT2D eigenvalue weighted by Crippen LogP contribution is -2.57. The molecule has 1 amide bonds. The lowest BCUT2D eigenvalue weighted by atomic mass is 9.72. The number of nitrogens with zero attached hydrogens (tertiary/aromatic N) is 1. The molecular weight excluding hydrogens is 329 g/mol. The molecule has 1 saturated heterocycles. The summed E-state index contributed by atoms with van der Waals surface area (Å²) in [7, 11) is 0. The Morgan fingerprint density at radius 1 is 1.40 bits per heavy atom. The first kappa shape index (κ1) is 19.2. The first-order chi connectivity index (χ1) is 11.7. The predicted molar refractivity (Wildman–Crippen MR) is 88.7 cm³/mol. The summed E-state index contributed by atoms with van der Waals surface area (Å²) in [5.41, 5.74) is -1.33. The van der Waals surface area contributed by atoms with Gasteiger partial charge < -0.3 is 20.2 Å². The van der Waals surface area contributed by atoms with Gasteiger partial charge in [-0.25, -0.2) is 4.39 Å². The van der Waals surface area contributed by atoms with Crippen LogP contribution in [0.15, 0.2) is 18.2 Å². The second-order valence-corrected chi connectivity index (χ2v) is 7.09. The summed E-state index contributed by atoms with van der Waals surface area (Å²) in [6.45, 7) is 4.02. The van der Waals surface area contributed by atoms with Gasteiger partial charge >= 0.3 is 5.97 Å². The topological polar surface area (TPSA) is 98.1 Å². The Morgan fingerprint density at radius 3 is 2.64 bits per heavy atom. The van der Waals surface area contributed by atoms with Crippen molar-refractivity contribution in [3.63, 3.8) is 0 Å². The monoisotopic (exact) mass is 353 g/mol. The number of carboxylic acid groups (broad SMARTS) is 1. The van der Waals surface area contributed by atoms with E-state index < -0.39 is 35.0 Å². The Hall–Kier alpha value is -2.15. The molecular formula is C18H24FNO5. The lowest BCUT2D eigenvalue weighted by Gasteiger charge is -2.43. The number of phenolic OH excluding ortho intramolecular Hbond substituents is 1. The molecule has 2 atom stereocenters. The summed E-state index contributed by atoms with van der Waals surface area (Å²) in [5.74, 6) is -2.81. The number of carbonyl (C=O) groups is 2. The molecule has 1 fully saturated rings. The number of aliphatic hydroxyl groups excluding tert-OH is 1. The summed E-state index contributed by atoms with van der Waals surface area (Å²) < 4.78 is 13.2. The van der Waals surface area contributed by atoms with Crippen molar-refractivity contribution in [3.8, 4) is 5.75 Å². The Balaban J connectivity index is 2.26. The van der Waals surface area contributed by atoms with Crippen LogP contribution >= 0.6 is 0 Å². The van der Waals surface area contributed by atoms with Gasteiger partial charge in [-0.15, -0.1) is 0 Å². The molecule has 0 bridgehead atoms. The summed E-state index contributed by atoms with van der Waals surface area (Å²) in [4.78, 5) is 25.9. The molecule has 1 heterocycles. The van der Waals surface area contributed by atoms with Crippen molar-refractivity contribution in [1.82, 2.24) is 4.90 Å². The summed E-state index contributed by atoms with van der Waals surface area (Å²) in [6.07, 6.45) is 0.000442. The Bertz CT molecular complexity index is 663. The number of carbonyl (C=O) groups excluding carboxylic acids is 1. The van der Waals surface area contributed by atoms with Crippen molar-refractivity contribution in [1.29, 1.82) is 0 Å². The molecule has 1 aromatic rings. The molecule has 3 N–H and O–H groups in total. The first-order valence-electron chi connectivity index (χ1n) is 8.36. The van der Waals surface area contributed by atoms with E-state index in [1.807, 2.05) is 13.8 Å². The van der Waals surface area contributed by atoms with E-state index >= 15 is 0 Å². The molecule has 0 saturated carbocycles. The van der Waals surface area contributed by atoms with E-state index in [9.17, 15) is 29.3 Å². The fourth-order valence-corrected chi connectivity index (χ4v) is 3.19. The smallest absolute Gasteiger partial charge is 0.314 e. The normalized spacial score (nSPS) is 23.7. The zero-order valence-corrected chi connectivity index (χ0v) is 14.4. The summed E-state index contributed by atoms with van der Waals surface area (Å²) >= 11 is 0. The number of likely N-dealkylation sites (tertiary alicyclic amines) is 1. The van der Waals surface area contributed by atoms with Crippen molar-refractivity contribution < 1.29 is 29.3 Å². The fraction of sp³-hybridized carbons (Fsp3) is 0.556. The van der Waals surface area contributed by atoms with Gasteiger partial charge in [-0.3, -0.25) is 9.59 Å². The number of aliphatic hydroxyl groups is 1. The van der Waals surface area contributed by atoms with Crippen LogP contribution in [0.4, 0.5) is 4.39 Å². The van der Waals surface area contributed by atoms with E-state index in [2.05, 4.69) is 0 Å². The zero-order chi connectivity index (χ0) is 18.8. The number of aliphatic carboxylic acids is 1. The Kier molecular flexibility index (Phi) is 5.67. The number of rotatable bonds is 5. The minimum absolute atomic E-state index is 0.0819. The second-order valence-electron chi connectivity index (χ2n) is 7.09. The number of hydrogen-bond acceptors (Lipinski definition) is 4. The van der Waals surface area contributed by atoms with Crippen molar-refractivity contribution in [2.24, 2.45) is 11.3 Å². The average molecular weight is 353 g/mol. The highest BCUT2D eigenvalue weighted by Crippen LogP contribution is 2.37. The number of aromatic hydroxyl groups is 1. The number of piperidine rings is 1. The number of phenols is 1. The van der Waals surface area contributed by atoms with Crippen LogP contribution in [0.1, 0.15) is 43.5 Å². The van der Waals surface area contributed by atoms with E-state index in [4.69, 9.17) is 0 Å². The molecule has 1 aliphatic heterocycles. The minimum Gasteiger partial charge on any atom is -0.505 e. The van der Waals surface area contributed by atoms with E-state index in [1.54, 1.807) is 0 Å². The highest BCUT2D eigenvalue weighted by molar-refractivity contribution is 5.95. The van der Waals surface area contributed by atoms with Crippen molar-refractivity contribution in [2.75, 3.05) is 13.1 Å². The third kappa shape index (κ3) is 3.92.